The number of carbonyl (C=O) groups is 2. The first kappa shape index (κ1) is 17.2. The Morgan fingerprint density at radius 3 is 2.80 bits per heavy atom. The molecule has 3 rings (SSSR count). The van der Waals surface area contributed by atoms with E-state index in [0.29, 0.717) is 24.5 Å². The van der Waals surface area contributed by atoms with Crippen molar-refractivity contribution in [2.75, 3.05) is 18.5 Å². The summed E-state index contributed by atoms with van der Waals surface area (Å²) in [5, 5.41) is 3.92. The van der Waals surface area contributed by atoms with Gasteiger partial charge in [-0.25, -0.2) is 0 Å². The molecular formula is C19H23N3O3. The standard InChI is InChI=1S/C19H23N3O3/c1-12-6-5-7-17(14(12)3)22-10-15(9-18(22)23)19(24)21(4)11-16-8-13(2)25-20-16/h5-8,15H,9-11H2,1-4H3. The zero-order chi connectivity index (χ0) is 18.1. The van der Waals surface area contributed by atoms with Gasteiger partial charge in [0, 0.05) is 31.8 Å². The fraction of sp³-hybridized carbons (Fsp3) is 0.421. The number of carbonyl (C=O) groups excluding carboxylic acids is 2. The van der Waals surface area contributed by atoms with Crippen molar-refractivity contribution in [1.29, 1.82) is 0 Å². The molecule has 1 aromatic carbocycles. The average Bonchev–Trinajstić information content (AvgIpc) is 3.15. The second kappa shape index (κ2) is 6.70. The molecule has 1 aliphatic heterocycles. The quantitative estimate of drug-likeness (QED) is 0.857. The number of hydrogen-bond acceptors (Lipinski definition) is 4. The first-order valence-electron chi connectivity index (χ1n) is 8.40. The van der Waals surface area contributed by atoms with E-state index in [2.05, 4.69) is 5.16 Å². The van der Waals surface area contributed by atoms with Crippen molar-refractivity contribution < 1.29 is 14.1 Å². The summed E-state index contributed by atoms with van der Waals surface area (Å²) in [6.45, 7) is 6.65. The first-order valence-corrected chi connectivity index (χ1v) is 8.40. The Morgan fingerprint density at radius 2 is 2.12 bits per heavy atom. The molecule has 0 saturated carbocycles. The molecule has 2 amide bonds. The highest BCUT2D eigenvalue weighted by Crippen LogP contribution is 2.30. The molecule has 0 N–H and O–H groups in total. The molecule has 0 bridgehead atoms. The van der Waals surface area contributed by atoms with Crippen LogP contribution in [0.25, 0.3) is 0 Å². The lowest BCUT2D eigenvalue weighted by atomic mass is 10.1. The number of nitrogens with zero attached hydrogens (tertiary/aromatic N) is 3. The number of aryl methyl sites for hydroxylation is 2. The maximum absolute atomic E-state index is 12.7. The van der Waals surface area contributed by atoms with Crippen molar-refractivity contribution in [1.82, 2.24) is 10.1 Å². The highest BCUT2D eigenvalue weighted by Gasteiger charge is 2.37. The van der Waals surface area contributed by atoms with E-state index in [4.69, 9.17) is 4.52 Å². The molecule has 25 heavy (non-hydrogen) atoms. The van der Waals surface area contributed by atoms with Crippen LogP contribution in [0.1, 0.15) is 29.0 Å². The summed E-state index contributed by atoms with van der Waals surface area (Å²) in [4.78, 5) is 28.5. The van der Waals surface area contributed by atoms with Gasteiger partial charge in [-0.15, -0.1) is 0 Å². The predicted octanol–water partition coefficient (Wildman–Crippen LogP) is 2.61. The van der Waals surface area contributed by atoms with Crippen LogP contribution >= 0.6 is 0 Å². The Balaban J connectivity index is 1.71. The number of rotatable bonds is 4. The molecule has 1 aromatic heterocycles. The minimum atomic E-state index is -0.328. The summed E-state index contributed by atoms with van der Waals surface area (Å²) in [5.41, 5.74) is 3.83. The third kappa shape index (κ3) is 3.43. The van der Waals surface area contributed by atoms with Crippen LogP contribution in [0.15, 0.2) is 28.8 Å². The third-order valence-electron chi connectivity index (χ3n) is 4.79. The average molecular weight is 341 g/mol. The van der Waals surface area contributed by atoms with Crippen LogP contribution in [0, 0.1) is 26.7 Å². The smallest absolute Gasteiger partial charge is 0.228 e. The molecule has 0 radical (unpaired) electrons. The Labute approximate surface area is 147 Å². The number of hydrogen-bond donors (Lipinski definition) is 0. The summed E-state index contributed by atoms with van der Waals surface area (Å²) in [6, 6.07) is 7.72. The SMILES string of the molecule is Cc1cc(CN(C)C(=O)C2CC(=O)N(c3cccc(C)c3C)C2)no1. The molecule has 1 saturated heterocycles. The first-order chi connectivity index (χ1) is 11.9. The van der Waals surface area contributed by atoms with Crippen LogP contribution in [0.5, 0.6) is 0 Å². The Morgan fingerprint density at radius 1 is 1.36 bits per heavy atom. The minimum Gasteiger partial charge on any atom is -0.361 e. The molecule has 6 heteroatoms. The van der Waals surface area contributed by atoms with Gasteiger partial charge < -0.3 is 14.3 Å². The number of aromatic nitrogens is 1. The molecule has 1 aliphatic rings. The number of amides is 2. The number of benzene rings is 1. The Bertz CT molecular complexity index is 812. The van der Waals surface area contributed by atoms with Crippen LogP contribution in [0.2, 0.25) is 0 Å². The molecule has 6 nitrogen and oxygen atoms in total. The Hall–Kier alpha value is -2.63. The van der Waals surface area contributed by atoms with Crippen molar-refractivity contribution in [3.63, 3.8) is 0 Å². The molecule has 132 valence electrons. The summed E-state index contributed by atoms with van der Waals surface area (Å²) in [6.07, 6.45) is 0.244. The van der Waals surface area contributed by atoms with Crippen molar-refractivity contribution in [2.24, 2.45) is 5.92 Å². The van der Waals surface area contributed by atoms with Gasteiger partial charge in [0.25, 0.3) is 0 Å². The van der Waals surface area contributed by atoms with Crippen LogP contribution < -0.4 is 4.90 Å². The zero-order valence-electron chi connectivity index (χ0n) is 15.1. The van der Waals surface area contributed by atoms with Gasteiger partial charge in [0.1, 0.15) is 11.5 Å². The van der Waals surface area contributed by atoms with Crippen LogP contribution in [-0.4, -0.2) is 35.5 Å². The second-order valence-electron chi connectivity index (χ2n) is 6.75. The molecule has 1 fully saturated rings. The van der Waals surface area contributed by atoms with E-state index in [1.54, 1.807) is 16.8 Å². The van der Waals surface area contributed by atoms with Crippen molar-refractivity contribution >= 4 is 17.5 Å². The lowest BCUT2D eigenvalue weighted by molar-refractivity contribution is -0.135. The van der Waals surface area contributed by atoms with E-state index in [0.717, 1.165) is 16.8 Å². The van der Waals surface area contributed by atoms with E-state index >= 15 is 0 Å². The second-order valence-corrected chi connectivity index (χ2v) is 6.75. The molecule has 1 unspecified atom stereocenters. The summed E-state index contributed by atoms with van der Waals surface area (Å²) < 4.78 is 5.04. The third-order valence-corrected chi connectivity index (χ3v) is 4.79. The van der Waals surface area contributed by atoms with Gasteiger partial charge >= 0.3 is 0 Å². The lowest BCUT2D eigenvalue weighted by Crippen LogP contribution is -2.34. The summed E-state index contributed by atoms with van der Waals surface area (Å²) in [7, 11) is 1.73. The van der Waals surface area contributed by atoms with Gasteiger partial charge in [-0.1, -0.05) is 17.3 Å². The van der Waals surface area contributed by atoms with Crippen molar-refractivity contribution in [3.8, 4) is 0 Å². The van der Waals surface area contributed by atoms with Crippen LogP contribution in [0.4, 0.5) is 5.69 Å². The molecule has 0 aliphatic carbocycles. The number of anilines is 1. The maximum atomic E-state index is 12.7. The molecule has 0 spiro atoms. The fourth-order valence-electron chi connectivity index (χ4n) is 3.26. The van der Waals surface area contributed by atoms with Crippen LogP contribution in [-0.2, 0) is 16.1 Å². The van der Waals surface area contributed by atoms with E-state index in [1.165, 1.54) is 0 Å². The monoisotopic (exact) mass is 341 g/mol. The normalized spacial score (nSPS) is 17.2. The zero-order valence-corrected chi connectivity index (χ0v) is 15.1. The van der Waals surface area contributed by atoms with Gasteiger partial charge in [0.15, 0.2) is 0 Å². The topological polar surface area (TPSA) is 66.7 Å². The van der Waals surface area contributed by atoms with E-state index in [-0.39, 0.29) is 24.2 Å². The lowest BCUT2D eigenvalue weighted by Gasteiger charge is -2.22. The van der Waals surface area contributed by atoms with Crippen LogP contribution in [0.3, 0.4) is 0 Å². The predicted molar refractivity (Wildman–Crippen MR) is 94.1 cm³/mol. The van der Waals surface area contributed by atoms with Gasteiger partial charge in [-0.2, -0.15) is 0 Å². The molecule has 2 aromatic rings. The summed E-state index contributed by atoms with van der Waals surface area (Å²) >= 11 is 0. The van der Waals surface area contributed by atoms with Crippen molar-refractivity contribution in [3.05, 3.63) is 46.8 Å². The molecule has 2 heterocycles. The van der Waals surface area contributed by atoms with E-state index in [9.17, 15) is 9.59 Å². The highest BCUT2D eigenvalue weighted by atomic mass is 16.5. The van der Waals surface area contributed by atoms with E-state index in [1.807, 2.05) is 45.0 Å². The van der Waals surface area contributed by atoms with Gasteiger partial charge in [0.2, 0.25) is 11.8 Å². The van der Waals surface area contributed by atoms with Gasteiger partial charge in [-0.05, 0) is 38.0 Å². The molecule has 1 atom stereocenters. The highest BCUT2D eigenvalue weighted by molar-refractivity contribution is 6.00. The molecular weight excluding hydrogens is 318 g/mol. The fourth-order valence-corrected chi connectivity index (χ4v) is 3.26. The van der Waals surface area contributed by atoms with Gasteiger partial charge in [-0.3, -0.25) is 9.59 Å². The largest absolute Gasteiger partial charge is 0.361 e. The van der Waals surface area contributed by atoms with Gasteiger partial charge in [0.05, 0.1) is 12.5 Å². The van der Waals surface area contributed by atoms with Crippen molar-refractivity contribution in [2.45, 2.75) is 33.7 Å². The van der Waals surface area contributed by atoms with E-state index < -0.39 is 0 Å². The minimum absolute atomic E-state index is 0.00210. The maximum Gasteiger partial charge on any atom is 0.228 e. The summed E-state index contributed by atoms with van der Waals surface area (Å²) in [5.74, 6) is 0.345. The Kier molecular flexibility index (Phi) is 4.61.